The Hall–Kier alpha value is -1.32. The molecule has 0 aliphatic carbocycles. The number of hydrogen-bond donors (Lipinski definition) is 1. The van der Waals surface area contributed by atoms with Crippen LogP contribution in [0.2, 0.25) is 0 Å². The van der Waals surface area contributed by atoms with Crippen molar-refractivity contribution >= 4 is 15.9 Å². The molecule has 0 aliphatic heterocycles. The molecule has 0 spiro atoms. The lowest BCUT2D eigenvalue weighted by atomic mass is 10.1. The molecule has 2 rings (SSSR count). The van der Waals surface area contributed by atoms with E-state index in [9.17, 15) is 0 Å². The van der Waals surface area contributed by atoms with Crippen LogP contribution in [0.25, 0.3) is 0 Å². The van der Waals surface area contributed by atoms with Crippen molar-refractivity contribution in [3.8, 4) is 11.5 Å². The number of ether oxygens (including phenoxy) is 1. The summed E-state index contributed by atoms with van der Waals surface area (Å²) in [5.74, 6) is 1.87. The van der Waals surface area contributed by atoms with E-state index in [1.54, 1.807) is 0 Å². The summed E-state index contributed by atoms with van der Waals surface area (Å²) in [7, 11) is 0. The van der Waals surface area contributed by atoms with Gasteiger partial charge in [-0.3, -0.25) is 0 Å². The minimum Gasteiger partial charge on any atom is -0.456 e. The number of hydrogen-bond acceptors (Lipinski definition) is 2. The summed E-state index contributed by atoms with van der Waals surface area (Å²) in [4.78, 5) is 0. The van der Waals surface area contributed by atoms with Gasteiger partial charge in [0.15, 0.2) is 0 Å². The minimum absolute atomic E-state index is 0.809. The van der Waals surface area contributed by atoms with Crippen LogP contribution in [0.3, 0.4) is 0 Å². The van der Waals surface area contributed by atoms with Crippen molar-refractivity contribution in [2.24, 2.45) is 0 Å². The molecule has 0 aromatic heterocycles. The van der Waals surface area contributed by atoms with Gasteiger partial charge in [0.25, 0.3) is 0 Å². The van der Waals surface area contributed by atoms with E-state index in [0.29, 0.717) is 0 Å². The predicted octanol–water partition coefficient (Wildman–Crippen LogP) is 5.28. The molecule has 21 heavy (non-hydrogen) atoms. The zero-order valence-corrected chi connectivity index (χ0v) is 14.7. The van der Waals surface area contributed by atoms with Crippen molar-refractivity contribution < 1.29 is 4.74 Å². The molecule has 0 atom stereocenters. The van der Waals surface area contributed by atoms with Gasteiger partial charge in [0.1, 0.15) is 11.5 Å². The Morgan fingerprint density at radius 3 is 2.48 bits per heavy atom. The van der Waals surface area contributed by atoms with Crippen molar-refractivity contribution in [2.75, 3.05) is 6.54 Å². The monoisotopic (exact) mass is 347 g/mol. The van der Waals surface area contributed by atoms with Gasteiger partial charge < -0.3 is 10.1 Å². The Morgan fingerprint density at radius 2 is 1.76 bits per heavy atom. The normalized spacial score (nSPS) is 10.7. The molecule has 0 aliphatic rings. The Morgan fingerprint density at radius 1 is 1.05 bits per heavy atom. The highest BCUT2D eigenvalue weighted by molar-refractivity contribution is 9.10. The van der Waals surface area contributed by atoms with Crippen molar-refractivity contribution in [1.82, 2.24) is 5.32 Å². The maximum Gasteiger partial charge on any atom is 0.133 e. The predicted molar refractivity (Wildman–Crippen MR) is 92.2 cm³/mol. The summed E-state index contributed by atoms with van der Waals surface area (Å²) in [6, 6.07) is 10.4. The third-order valence-corrected chi connectivity index (χ3v) is 4.17. The van der Waals surface area contributed by atoms with Gasteiger partial charge >= 0.3 is 0 Å². The van der Waals surface area contributed by atoms with E-state index in [-0.39, 0.29) is 0 Å². The lowest BCUT2D eigenvalue weighted by Gasteiger charge is -2.17. The lowest BCUT2D eigenvalue weighted by Crippen LogP contribution is -2.12. The SMILES string of the molecule is CCNCc1ccc(Br)cc1Oc1c(C)ccc(C)c1C. The topological polar surface area (TPSA) is 21.3 Å². The summed E-state index contributed by atoms with van der Waals surface area (Å²) in [6.07, 6.45) is 0. The van der Waals surface area contributed by atoms with E-state index < -0.39 is 0 Å². The first kappa shape index (κ1) is 16.1. The van der Waals surface area contributed by atoms with Gasteiger partial charge in [-0.2, -0.15) is 0 Å². The molecule has 0 heterocycles. The molecule has 0 radical (unpaired) electrons. The molecule has 0 amide bonds. The molecule has 0 saturated carbocycles. The van der Waals surface area contributed by atoms with Crippen LogP contribution < -0.4 is 10.1 Å². The molecule has 1 N–H and O–H groups in total. The summed E-state index contributed by atoms with van der Waals surface area (Å²) >= 11 is 3.53. The minimum atomic E-state index is 0.809. The van der Waals surface area contributed by atoms with Gasteiger partial charge in [-0.05, 0) is 56.1 Å². The van der Waals surface area contributed by atoms with Crippen LogP contribution in [-0.2, 0) is 6.54 Å². The second kappa shape index (κ2) is 7.10. The molecular formula is C18H22BrNO. The molecule has 2 aromatic rings. The highest BCUT2D eigenvalue weighted by Crippen LogP contribution is 2.34. The van der Waals surface area contributed by atoms with Crippen LogP contribution in [0.15, 0.2) is 34.8 Å². The quantitative estimate of drug-likeness (QED) is 0.794. The Bertz CT molecular complexity index is 637. The maximum atomic E-state index is 6.26. The van der Waals surface area contributed by atoms with Crippen molar-refractivity contribution in [3.05, 3.63) is 57.1 Å². The second-order valence-electron chi connectivity index (χ2n) is 5.29. The lowest BCUT2D eigenvalue weighted by molar-refractivity contribution is 0.465. The fourth-order valence-corrected chi connectivity index (χ4v) is 2.56. The van der Waals surface area contributed by atoms with E-state index >= 15 is 0 Å². The van der Waals surface area contributed by atoms with Crippen LogP contribution in [0, 0.1) is 20.8 Å². The maximum absolute atomic E-state index is 6.26. The molecule has 0 fully saturated rings. The van der Waals surface area contributed by atoms with Crippen LogP contribution in [0.1, 0.15) is 29.2 Å². The Labute approximate surface area is 135 Å². The third-order valence-electron chi connectivity index (χ3n) is 3.68. The molecular weight excluding hydrogens is 326 g/mol. The highest BCUT2D eigenvalue weighted by atomic mass is 79.9. The first-order valence-electron chi connectivity index (χ1n) is 7.26. The first-order chi connectivity index (χ1) is 10.0. The summed E-state index contributed by atoms with van der Waals surface area (Å²) in [6.45, 7) is 10.2. The molecule has 0 unspecified atom stereocenters. The zero-order chi connectivity index (χ0) is 15.4. The molecule has 0 saturated heterocycles. The fraction of sp³-hybridized carbons (Fsp3) is 0.333. The van der Waals surface area contributed by atoms with Crippen molar-refractivity contribution in [3.63, 3.8) is 0 Å². The van der Waals surface area contributed by atoms with Gasteiger partial charge in [-0.1, -0.05) is 41.1 Å². The van der Waals surface area contributed by atoms with Gasteiger partial charge in [0.05, 0.1) is 0 Å². The standard InChI is InChI=1S/C18H22BrNO/c1-5-20-11-15-8-9-16(19)10-17(15)21-18-13(3)7-6-12(2)14(18)4/h6-10,20H,5,11H2,1-4H3. The van der Waals surface area contributed by atoms with E-state index in [2.05, 4.69) is 73.2 Å². The number of rotatable bonds is 5. The Kier molecular flexibility index (Phi) is 5.43. The van der Waals surface area contributed by atoms with Crippen LogP contribution in [-0.4, -0.2) is 6.54 Å². The van der Waals surface area contributed by atoms with Crippen molar-refractivity contribution in [2.45, 2.75) is 34.2 Å². The summed E-state index contributed by atoms with van der Waals surface area (Å²) < 4.78 is 7.29. The van der Waals surface area contributed by atoms with Gasteiger partial charge in [-0.25, -0.2) is 0 Å². The smallest absolute Gasteiger partial charge is 0.133 e. The average molecular weight is 348 g/mol. The van der Waals surface area contributed by atoms with Gasteiger partial charge in [-0.15, -0.1) is 0 Å². The molecule has 3 heteroatoms. The largest absolute Gasteiger partial charge is 0.456 e. The van der Waals surface area contributed by atoms with Crippen LogP contribution >= 0.6 is 15.9 Å². The molecule has 112 valence electrons. The van der Waals surface area contributed by atoms with E-state index in [0.717, 1.165) is 34.6 Å². The number of nitrogens with one attached hydrogen (secondary N) is 1. The van der Waals surface area contributed by atoms with Crippen LogP contribution in [0.5, 0.6) is 11.5 Å². The van der Waals surface area contributed by atoms with Gasteiger partial charge in [0.2, 0.25) is 0 Å². The molecule has 0 bridgehead atoms. The number of aryl methyl sites for hydroxylation is 2. The van der Waals surface area contributed by atoms with E-state index in [1.165, 1.54) is 16.7 Å². The van der Waals surface area contributed by atoms with E-state index in [1.807, 2.05) is 6.07 Å². The summed E-state index contributed by atoms with van der Waals surface area (Å²) in [5, 5.41) is 3.36. The van der Waals surface area contributed by atoms with E-state index in [4.69, 9.17) is 4.74 Å². The number of halogens is 1. The highest BCUT2D eigenvalue weighted by Gasteiger charge is 2.11. The summed E-state index contributed by atoms with van der Waals surface area (Å²) in [5.41, 5.74) is 4.77. The molecule has 2 aromatic carbocycles. The Balaban J connectivity index is 2.39. The van der Waals surface area contributed by atoms with Gasteiger partial charge in [0, 0.05) is 16.6 Å². The number of benzene rings is 2. The average Bonchev–Trinajstić information content (AvgIpc) is 2.47. The third kappa shape index (κ3) is 3.86. The zero-order valence-electron chi connectivity index (χ0n) is 13.1. The molecule has 2 nitrogen and oxygen atoms in total. The van der Waals surface area contributed by atoms with Crippen LogP contribution in [0.4, 0.5) is 0 Å². The van der Waals surface area contributed by atoms with Crippen molar-refractivity contribution in [1.29, 1.82) is 0 Å². The first-order valence-corrected chi connectivity index (χ1v) is 8.06. The second-order valence-corrected chi connectivity index (χ2v) is 6.20. The fourth-order valence-electron chi connectivity index (χ4n) is 2.22.